The van der Waals surface area contributed by atoms with Crippen molar-refractivity contribution in [1.82, 2.24) is 14.6 Å². The molecular weight excluding hydrogens is 263 g/mol. The average molecular weight is 279 g/mol. The largest absolute Gasteiger partial charge is 0.428 e. The van der Waals surface area contributed by atoms with Crippen molar-refractivity contribution in [2.75, 3.05) is 26.1 Å². The Bertz CT molecular complexity index is 472. The van der Waals surface area contributed by atoms with Crippen LogP contribution in [0.2, 0.25) is 0 Å². The molecule has 2 N–H and O–H groups in total. The van der Waals surface area contributed by atoms with Gasteiger partial charge in [-0.3, -0.25) is 4.90 Å². The maximum absolute atomic E-state index is 9.37. The van der Waals surface area contributed by atoms with Gasteiger partial charge in [-0.25, -0.2) is 4.98 Å². The zero-order chi connectivity index (χ0) is 10.8. The highest BCUT2D eigenvalue weighted by molar-refractivity contribution is 5.85. The van der Waals surface area contributed by atoms with Gasteiger partial charge in [0.25, 0.3) is 0 Å². The number of hydrogen-bond donors (Lipinski definition) is 2. The van der Waals surface area contributed by atoms with Gasteiger partial charge in [0, 0.05) is 6.20 Å². The summed E-state index contributed by atoms with van der Waals surface area (Å²) in [5.41, 5.74) is 1.49. The second-order valence-corrected chi connectivity index (χ2v) is 3.68. The molecule has 0 amide bonds. The zero-order valence-corrected chi connectivity index (χ0v) is 11.3. The van der Waals surface area contributed by atoms with Crippen molar-refractivity contribution in [3.63, 3.8) is 0 Å². The molecule has 0 atom stereocenters. The van der Waals surface area contributed by atoms with Crippen LogP contribution in [-0.2, 0) is 0 Å². The number of pyridine rings is 1. The van der Waals surface area contributed by atoms with Crippen molar-refractivity contribution in [1.29, 1.82) is 0 Å². The van der Waals surface area contributed by atoms with Crippen molar-refractivity contribution in [2.45, 2.75) is 0 Å². The summed E-state index contributed by atoms with van der Waals surface area (Å²) >= 11 is 0. The molecule has 0 aliphatic heterocycles. The number of anilines is 1. The molecule has 2 aromatic heterocycles. The van der Waals surface area contributed by atoms with Gasteiger partial charge >= 0.3 is 0 Å². The molecule has 5 nitrogen and oxygen atoms in total. The predicted molar refractivity (Wildman–Crippen MR) is 73.6 cm³/mol. The van der Waals surface area contributed by atoms with E-state index < -0.39 is 0 Å². The van der Waals surface area contributed by atoms with Gasteiger partial charge in [0.15, 0.2) is 0 Å². The molecule has 0 aliphatic carbocycles. The van der Waals surface area contributed by atoms with Gasteiger partial charge in [-0.05, 0) is 32.3 Å². The summed E-state index contributed by atoms with van der Waals surface area (Å²) in [6.45, 7) is 0.734. The van der Waals surface area contributed by atoms with Gasteiger partial charge < -0.3 is 10.5 Å². The standard InChI is InChI=1S/C10H14N4O.2ClH/c1-13(2)7-11-10-4-3-9-8(12-10)5-6-14(9)15;;/h3-6,15H,7H2,1-2H3,(H,11,12);2*1H. The highest BCUT2D eigenvalue weighted by Gasteiger charge is 2.02. The van der Waals surface area contributed by atoms with E-state index in [1.165, 1.54) is 0 Å². The van der Waals surface area contributed by atoms with E-state index in [9.17, 15) is 5.21 Å². The average Bonchev–Trinajstić information content (AvgIpc) is 2.57. The van der Waals surface area contributed by atoms with E-state index in [2.05, 4.69) is 10.3 Å². The lowest BCUT2D eigenvalue weighted by atomic mass is 10.4. The molecule has 0 fully saturated rings. The SMILES string of the molecule is CN(C)CNc1ccc2c(ccn2O)n1.Cl.Cl. The lowest BCUT2D eigenvalue weighted by Crippen LogP contribution is -2.20. The summed E-state index contributed by atoms with van der Waals surface area (Å²) < 4.78 is 1.07. The molecule has 0 bridgehead atoms. The number of fused-ring (bicyclic) bond motifs is 1. The fourth-order valence-electron chi connectivity index (χ4n) is 1.34. The molecule has 0 radical (unpaired) electrons. The van der Waals surface area contributed by atoms with Gasteiger partial charge in [0.2, 0.25) is 0 Å². The van der Waals surface area contributed by atoms with E-state index in [0.29, 0.717) is 5.52 Å². The van der Waals surface area contributed by atoms with Gasteiger partial charge in [0.05, 0.1) is 12.2 Å². The van der Waals surface area contributed by atoms with Crippen LogP contribution in [0.4, 0.5) is 5.82 Å². The lowest BCUT2D eigenvalue weighted by Gasteiger charge is -2.11. The first kappa shape index (κ1) is 15.8. The van der Waals surface area contributed by atoms with Gasteiger partial charge in [-0.15, -0.1) is 24.8 Å². The molecular formula is C10H16Cl2N4O. The van der Waals surface area contributed by atoms with E-state index in [1.807, 2.05) is 31.1 Å². The lowest BCUT2D eigenvalue weighted by molar-refractivity contribution is 0.200. The highest BCUT2D eigenvalue weighted by Crippen LogP contribution is 2.14. The predicted octanol–water partition coefficient (Wildman–Crippen LogP) is 2.05. The second-order valence-electron chi connectivity index (χ2n) is 3.68. The molecule has 2 rings (SSSR count). The van der Waals surface area contributed by atoms with Crippen LogP contribution in [0.25, 0.3) is 11.0 Å². The number of hydrogen-bond acceptors (Lipinski definition) is 4. The van der Waals surface area contributed by atoms with Crippen molar-refractivity contribution in [3.05, 3.63) is 24.4 Å². The number of halogens is 2. The van der Waals surface area contributed by atoms with Gasteiger partial charge in [-0.1, -0.05) is 0 Å². The molecule has 2 heterocycles. The van der Waals surface area contributed by atoms with Crippen molar-refractivity contribution < 1.29 is 5.21 Å². The minimum atomic E-state index is 0. The third kappa shape index (κ3) is 3.66. The Morgan fingerprint density at radius 1 is 1.29 bits per heavy atom. The molecule has 7 heteroatoms. The second kappa shape index (κ2) is 6.54. The maximum Gasteiger partial charge on any atom is 0.127 e. The molecule has 17 heavy (non-hydrogen) atoms. The van der Waals surface area contributed by atoms with Crippen LogP contribution in [0.5, 0.6) is 0 Å². The normalized spacial score (nSPS) is 9.82. The van der Waals surface area contributed by atoms with E-state index in [1.54, 1.807) is 12.3 Å². The first-order valence-corrected chi connectivity index (χ1v) is 4.73. The Kier molecular flexibility index (Phi) is 6.09. The highest BCUT2D eigenvalue weighted by atomic mass is 35.5. The fraction of sp³-hybridized carbons (Fsp3) is 0.300. The van der Waals surface area contributed by atoms with E-state index in [4.69, 9.17) is 0 Å². The quantitative estimate of drug-likeness (QED) is 0.667. The fourth-order valence-corrected chi connectivity index (χ4v) is 1.34. The molecule has 2 aromatic rings. The summed E-state index contributed by atoms with van der Waals surface area (Å²) in [6, 6.07) is 5.45. The van der Waals surface area contributed by atoms with Gasteiger partial charge in [-0.2, -0.15) is 4.73 Å². The Balaban J connectivity index is 0.00000128. The minimum Gasteiger partial charge on any atom is -0.428 e. The number of rotatable bonds is 3. The van der Waals surface area contributed by atoms with Crippen molar-refractivity contribution in [2.24, 2.45) is 0 Å². The third-order valence-corrected chi connectivity index (χ3v) is 2.10. The molecule has 0 aliphatic rings. The molecule has 0 aromatic carbocycles. The first-order chi connectivity index (χ1) is 7.16. The van der Waals surface area contributed by atoms with Crippen LogP contribution in [-0.4, -0.2) is 40.6 Å². The first-order valence-electron chi connectivity index (χ1n) is 4.73. The topological polar surface area (TPSA) is 53.3 Å². The third-order valence-electron chi connectivity index (χ3n) is 2.10. The molecule has 0 unspecified atom stereocenters. The summed E-state index contributed by atoms with van der Waals surface area (Å²) in [6.07, 6.45) is 1.58. The summed E-state index contributed by atoms with van der Waals surface area (Å²) in [5.74, 6) is 0.808. The van der Waals surface area contributed by atoms with Crippen LogP contribution in [0.1, 0.15) is 0 Å². The molecule has 0 spiro atoms. The summed E-state index contributed by atoms with van der Waals surface area (Å²) in [4.78, 5) is 6.37. The number of aromatic nitrogens is 2. The van der Waals surface area contributed by atoms with E-state index in [0.717, 1.165) is 22.7 Å². The maximum atomic E-state index is 9.37. The molecule has 0 saturated heterocycles. The number of nitrogens with zero attached hydrogens (tertiary/aromatic N) is 3. The Morgan fingerprint density at radius 2 is 2.00 bits per heavy atom. The Labute approximate surface area is 112 Å². The number of nitrogens with one attached hydrogen (secondary N) is 1. The smallest absolute Gasteiger partial charge is 0.127 e. The van der Waals surface area contributed by atoms with E-state index in [-0.39, 0.29) is 24.8 Å². The monoisotopic (exact) mass is 278 g/mol. The van der Waals surface area contributed by atoms with Crippen molar-refractivity contribution in [3.8, 4) is 0 Å². The van der Waals surface area contributed by atoms with Crippen LogP contribution < -0.4 is 5.32 Å². The minimum absolute atomic E-state index is 0. The summed E-state index contributed by atoms with van der Waals surface area (Å²) in [5, 5.41) is 12.5. The van der Waals surface area contributed by atoms with Crippen LogP contribution in [0.3, 0.4) is 0 Å². The van der Waals surface area contributed by atoms with Crippen LogP contribution in [0, 0.1) is 0 Å². The summed E-state index contributed by atoms with van der Waals surface area (Å²) in [7, 11) is 3.96. The molecule has 96 valence electrons. The van der Waals surface area contributed by atoms with Crippen LogP contribution >= 0.6 is 24.8 Å². The Morgan fingerprint density at radius 3 is 2.65 bits per heavy atom. The van der Waals surface area contributed by atoms with Crippen LogP contribution in [0.15, 0.2) is 24.4 Å². The molecule has 0 saturated carbocycles. The zero-order valence-electron chi connectivity index (χ0n) is 9.62. The van der Waals surface area contributed by atoms with E-state index >= 15 is 0 Å². The Hall–Kier alpha value is -1.17. The van der Waals surface area contributed by atoms with Gasteiger partial charge in [0.1, 0.15) is 11.3 Å². The van der Waals surface area contributed by atoms with Crippen molar-refractivity contribution >= 4 is 41.7 Å².